The number of pyridine rings is 1. The van der Waals surface area contributed by atoms with E-state index in [4.69, 9.17) is 4.74 Å². The predicted molar refractivity (Wildman–Crippen MR) is 121 cm³/mol. The number of hydrogen-bond acceptors (Lipinski definition) is 5. The molecule has 1 N–H and O–H groups in total. The number of amides is 2. The maximum atomic E-state index is 12.6. The van der Waals surface area contributed by atoms with Crippen molar-refractivity contribution in [2.45, 2.75) is 55.6 Å². The Morgan fingerprint density at radius 3 is 2.28 bits per heavy atom. The van der Waals surface area contributed by atoms with Crippen LogP contribution in [0.15, 0.2) is 52.3 Å². The Bertz CT molecular complexity index is 1110. The van der Waals surface area contributed by atoms with E-state index in [-0.39, 0.29) is 22.6 Å². The second-order valence-electron chi connectivity index (χ2n) is 8.57. The summed E-state index contributed by atoms with van der Waals surface area (Å²) in [6.07, 6.45) is 8.66. The Balaban J connectivity index is 1.33. The second kappa shape index (κ2) is 9.36. The molecule has 0 atom stereocenters. The molecule has 2 aromatic rings. The molecule has 0 spiro atoms. The summed E-state index contributed by atoms with van der Waals surface area (Å²) >= 11 is 0. The Kier molecular flexibility index (Phi) is 6.55. The molecule has 8 nitrogen and oxygen atoms in total. The Morgan fingerprint density at radius 1 is 1.03 bits per heavy atom. The van der Waals surface area contributed by atoms with Crippen molar-refractivity contribution in [1.82, 2.24) is 14.8 Å². The topological polar surface area (TPSA) is 97.7 Å². The number of urea groups is 1. The van der Waals surface area contributed by atoms with Gasteiger partial charge < -0.3 is 15.0 Å². The van der Waals surface area contributed by atoms with Crippen molar-refractivity contribution >= 4 is 15.9 Å². The highest BCUT2D eigenvalue weighted by Gasteiger charge is 2.26. The molecular weight excluding hydrogens is 430 g/mol. The fourth-order valence-corrected chi connectivity index (χ4v) is 4.94. The molecule has 1 aromatic heterocycles. The van der Waals surface area contributed by atoms with Crippen molar-refractivity contribution in [3.8, 4) is 11.4 Å². The van der Waals surface area contributed by atoms with Crippen molar-refractivity contribution in [2.75, 3.05) is 19.3 Å². The molecule has 9 heteroatoms. The van der Waals surface area contributed by atoms with Gasteiger partial charge in [0.15, 0.2) is 9.84 Å². The molecule has 2 fully saturated rings. The molecular formula is C23H29N3O5S. The highest BCUT2D eigenvalue weighted by atomic mass is 32.2. The highest BCUT2D eigenvalue weighted by Crippen LogP contribution is 2.21. The van der Waals surface area contributed by atoms with Gasteiger partial charge in [0, 0.05) is 56.2 Å². The number of nitrogens with one attached hydrogen (secondary N) is 1. The molecule has 0 bridgehead atoms. The summed E-state index contributed by atoms with van der Waals surface area (Å²) in [6, 6.07) is 9.66. The third-order valence-electron chi connectivity index (χ3n) is 6.15. The molecule has 1 aliphatic carbocycles. The SMILES string of the molecule is CS(=O)(=O)c1ccc(-n2ccc(OC3CCN(C(=O)NC4CCCC4)CC3)cc2=O)cc1. The van der Waals surface area contributed by atoms with Crippen LogP contribution in [0.4, 0.5) is 4.79 Å². The van der Waals surface area contributed by atoms with E-state index in [9.17, 15) is 18.0 Å². The van der Waals surface area contributed by atoms with E-state index >= 15 is 0 Å². The van der Waals surface area contributed by atoms with Gasteiger partial charge in [0.2, 0.25) is 0 Å². The number of piperidine rings is 1. The Hall–Kier alpha value is -2.81. The molecule has 32 heavy (non-hydrogen) atoms. The van der Waals surface area contributed by atoms with Crippen molar-refractivity contribution in [3.63, 3.8) is 0 Å². The molecule has 2 aliphatic rings. The number of benzene rings is 1. The summed E-state index contributed by atoms with van der Waals surface area (Å²) < 4.78 is 30.7. The lowest BCUT2D eigenvalue weighted by atomic mass is 10.1. The summed E-state index contributed by atoms with van der Waals surface area (Å²) in [6.45, 7) is 1.26. The van der Waals surface area contributed by atoms with E-state index < -0.39 is 9.84 Å². The highest BCUT2D eigenvalue weighted by molar-refractivity contribution is 7.90. The number of hydrogen-bond donors (Lipinski definition) is 1. The van der Waals surface area contributed by atoms with Crippen LogP contribution < -0.4 is 15.6 Å². The van der Waals surface area contributed by atoms with Gasteiger partial charge in [-0.15, -0.1) is 0 Å². The lowest BCUT2D eigenvalue weighted by Gasteiger charge is -2.33. The number of rotatable bonds is 5. The van der Waals surface area contributed by atoms with Gasteiger partial charge in [0.25, 0.3) is 5.56 Å². The van der Waals surface area contributed by atoms with E-state index in [1.54, 1.807) is 24.4 Å². The molecule has 4 rings (SSSR count). The van der Waals surface area contributed by atoms with E-state index in [2.05, 4.69) is 5.32 Å². The standard InChI is InChI=1S/C23H29N3O5S/c1-32(29,30)21-8-6-18(7-9-21)26-15-12-20(16-22(26)27)31-19-10-13-25(14-11-19)23(28)24-17-4-2-3-5-17/h6-9,12,15-17,19H,2-5,10-11,13-14H2,1H3,(H,24,28). The van der Waals surface area contributed by atoms with E-state index in [0.717, 1.165) is 19.1 Å². The van der Waals surface area contributed by atoms with E-state index in [1.807, 2.05) is 4.90 Å². The van der Waals surface area contributed by atoms with Crippen molar-refractivity contribution in [3.05, 3.63) is 52.9 Å². The summed E-state index contributed by atoms with van der Waals surface area (Å²) in [5, 5.41) is 3.12. The fraction of sp³-hybridized carbons (Fsp3) is 0.478. The van der Waals surface area contributed by atoms with Crippen molar-refractivity contribution in [1.29, 1.82) is 0 Å². The first-order chi connectivity index (χ1) is 15.3. The van der Waals surface area contributed by atoms with Crippen LogP contribution in [-0.2, 0) is 9.84 Å². The minimum absolute atomic E-state index is 0.0137. The van der Waals surface area contributed by atoms with Crippen molar-refractivity contribution in [2.24, 2.45) is 0 Å². The van der Waals surface area contributed by atoms with E-state index in [1.165, 1.54) is 35.6 Å². The molecule has 1 saturated heterocycles. The van der Waals surface area contributed by atoms with Gasteiger partial charge in [-0.1, -0.05) is 12.8 Å². The quantitative estimate of drug-likeness (QED) is 0.742. The molecule has 172 valence electrons. The number of ether oxygens (including phenoxy) is 1. The zero-order valence-electron chi connectivity index (χ0n) is 18.2. The number of nitrogens with zero attached hydrogens (tertiary/aromatic N) is 2. The van der Waals surface area contributed by atoms with Crippen LogP contribution in [0.25, 0.3) is 5.69 Å². The van der Waals surface area contributed by atoms with Gasteiger partial charge in [0.1, 0.15) is 11.9 Å². The number of carbonyl (C=O) groups is 1. The van der Waals surface area contributed by atoms with Crippen LogP contribution in [-0.4, -0.2) is 55.4 Å². The molecule has 1 aliphatic heterocycles. The van der Waals surface area contributed by atoms with Crippen LogP contribution >= 0.6 is 0 Å². The molecule has 1 aromatic carbocycles. The van der Waals surface area contributed by atoms with Gasteiger partial charge in [-0.2, -0.15) is 0 Å². The summed E-state index contributed by atoms with van der Waals surface area (Å²) in [5.41, 5.74) is 0.318. The number of carbonyl (C=O) groups excluding carboxylic acids is 1. The van der Waals surface area contributed by atoms with E-state index in [0.29, 0.717) is 43.4 Å². The van der Waals surface area contributed by atoms with Crippen LogP contribution in [0.2, 0.25) is 0 Å². The minimum Gasteiger partial charge on any atom is -0.490 e. The van der Waals surface area contributed by atoms with Crippen LogP contribution in [0.5, 0.6) is 5.75 Å². The minimum atomic E-state index is -3.29. The van der Waals surface area contributed by atoms with Crippen LogP contribution in [0.1, 0.15) is 38.5 Å². The second-order valence-corrected chi connectivity index (χ2v) is 10.6. The third-order valence-corrected chi connectivity index (χ3v) is 7.28. The molecule has 2 amide bonds. The van der Waals surface area contributed by atoms with Gasteiger partial charge in [-0.3, -0.25) is 9.36 Å². The first-order valence-electron chi connectivity index (χ1n) is 11.0. The molecule has 2 heterocycles. The lowest BCUT2D eigenvalue weighted by Crippen LogP contribution is -2.48. The number of likely N-dealkylation sites (tertiary alicyclic amines) is 1. The maximum Gasteiger partial charge on any atom is 0.317 e. The fourth-order valence-electron chi connectivity index (χ4n) is 4.31. The molecule has 0 unspecified atom stereocenters. The average molecular weight is 460 g/mol. The third kappa shape index (κ3) is 5.32. The van der Waals surface area contributed by atoms with Crippen LogP contribution in [0.3, 0.4) is 0 Å². The van der Waals surface area contributed by atoms with Crippen molar-refractivity contribution < 1.29 is 17.9 Å². The number of aromatic nitrogens is 1. The zero-order chi connectivity index (χ0) is 22.7. The summed E-state index contributed by atoms with van der Waals surface area (Å²) in [4.78, 5) is 27.0. The maximum absolute atomic E-state index is 12.6. The van der Waals surface area contributed by atoms with Gasteiger partial charge in [-0.25, -0.2) is 13.2 Å². The Morgan fingerprint density at radius 2 is 1.69 bits per heavy atom. The monoisotopic (exact) mass is 459 g/mol. The number of sulfone groups is 1. The first kappa shape index (κ1) is 22.4. The normalized spacial score (nSPS) is 18.0. The van der Waals surface area contributed by atoms with Crippen LogP contribution in [0, 0.1) is 0 Å². The largest absolute Gasteiger partial charge is 0.490 e. The van der Waals surface area contributed by atoms with Gasteiger partial charge in [0.05, 0.1) is 4.90 Å². The summed E-state index contributed by atoms with van der Waals surface area (Å²) in [7, 11) is -3.29. The van der Waals surface area contributed by atoms with Gasteiger partial charge >= 0.3 is 6.03 Å². The van der Waals surface area contributed by atoms with Gasteiger partial charge in [-0.05, 0) is 43.2 Å². The Labute approximate surface area is 188 Å². The average Bonchev–Trinajstić information content (AvgIpc) is 3.27. The predicted octanol–water partition coefficient (Wildman–Crippen LogP) is 2.74. The first-order valence-corrected chi connectivity index (χ1v) is 12.9. The molecule has 0 radical (unpaired) electrons. The smallest absolute Gasteiger partial charge is 0.317 e. The zero-order valence-corrected chi connectivity index (χ0v) is 19.0. The lowest BCUT2D eigenvalue weighted by molar-refractivity contribution is 0.110. The molecule has 1 saturated carbocycles. The summed E-state index contributed by atoms with van der Waals surface area (Å²) in [5.74, 6) is 0.493.